The Balaban J connectivity index is 3.57. The highest BCUT2D eigenvalue weighted by atomic mass is 14.6. The maximum atomic E-state index is 5.14. The molecule has 0 heterocycles. The summed E-state index contributed by atoms with van der Waals surface area (Å²) < 4.78 is 0. The average molecular weight is 83.1 g/mol. The molecule has 1 heteroatoms. The fourth-order valence-electron chi connectivity index (χ4n) is 0. The highest BCUT2D eigenvalue weighted by Crippen LogP contribution is 1.90. The zero-order valence-electron chi connectivity index (χ0n) is 3.99. The second-order valence-electron chi connectivity index (χ2n) is 1.31. The van der Waals surface area contributed by atoms with Gasteiger partial charge in [-0.25, -0.2) is 0 Å². The normalized spacial score (nSPS) is 7.50. The summed E-state index contributed by atoms with van der Waals surface area (Å²) in [5.74, 6) is 0. The van der Waals surface area contributed by atoms with Crippen molar-refractivity contribution >= 4 is 0 Å². The Kier molecular flexibility index (Phi) is 1.45. The molecule has 0 aromatic carbocycles. The van der Waals surface area contributed by atoms with Gasteiger partial charge in [0.05, 0.1) is 0 Å². The molecule has 0 saturated carbocycles. The Morgan fingerprint density at radius 2 is 1.67 bits per heavy atom. The van der Waals surface area contributed by atoms with Gasteiger partial charge in [-0.15, -0.1) is 0 Å². The Hall–Kier alpha value is -0.720. The molecular formula is C5H9N. The summed E-state index contributed by atoms with van der Waals surface area (Å²) in [5.41, 5.74) is 6.55. The van der Waals surface area contributed by atoms with Gasteiger partial charge in [0.15, 0.2) is 0 Å². The first-order chi connectivity index (χ1) is 2.64. The van der Waals surface area contributed by atoms with Crippen LogP contribution in [0, 0.1) is 0 Å². The molecule has 0 rings (SSSR count). The minimum atomic E-state index is 0.565. The number of hydrogen-bond acceptors (Lipinski definition) is 1. The van der Waals surface area contributed by atoms with Crippen molar-refractivity contribution in [3.63, 3.8) is 0 Å². The van der Waals surface area contributed by atoms with Crippen LogP contribution in [0.25, 0.3) is 0 Å². The smallest absolute Gasteiger partial charge is 0.0264 e. The molecule has 0 bridgehead atoms. The van der Waals surface area contributed by atoms with Crippen molar-refractivity contribution in [3.05, 3.63) is 24.4 Å². The summed E-state index contributed by atoms with van der Waals surface area (Å²) in [6, 6.07) is 0. The van der Waals surface area contributed by atoms with Crippen LogP contribution in [0.3, 0.4) is 0 Å². The molecule has 0 aliphatic rings. The third-order valence-electron chi connectivity index (χ3n) is 0.548. The van der Waals surface area contributed by atoms with Crippen molar-refractivity contribution in [2.75, 3.05) is 0 Å². The predicted molar refractivity (Wildman–Crippen MR) is 28.1 cm³/mol. The fraction of sp³-hybridized carbons (Fsp3) is 0.200. The molecule has 0 amide bonds. The molecule has 0 unspecified atom stereocenters. The zero-order chi connectivity index (χ0) is 5.15. The largest absolute Gasteiger partial charge is 0.399 e. The van der Waals surface area contributed by atoms with E-state index in [9.17, 15) is 0 Å². The number of nitrogens with two attached hydrogens (primary N) is 1. The van der Waals surface area contributed by atoms with Gasteiger partial charge < -0.3 is 5.73 Å². The topological polar surface area (TPSA) is 26.0 Å². The van der Waals surface area contributed by atoms with Crippen LogP contribution in [-0.2, 0) is 0 Å². The predicted octanol–water partition coefficient (Wildman–Crippen LogP) is 1.03. The Bertz CT molecular complexity index is 69.9. The lowest BCUT2D eigenvalue weighted by atomic mass is 10.3. The van der Waals surface area contributed by atoms with Crippen LogP contribution in [0.15, 0.2) is 24.4 Å². The summed E-state index contributed by atoms with van der Waals surface area (Å²) in [5, 5.41) is 0. The SMILES string of the molecule is C=C(C)C(=C)N. The van der Waals surface area contributed by atoms with Gasteiger partial charge in [0, 0.05) is 5.70 Å². The third-order valence-corrected chi connectivity index (χ3v) is 0.548. The lowest BCUT2D eigenvalue weighted by Gasteiger charge is -1.89. The first-order valence-electron chi connectivity index (χ1n) is 1.75. The molecule has 0 spiro atoms. The van der Waals surface area contributed by atoms with Gasteiger partial charge in [-0.05, 0) is 12.5 Å². The van der Waals surface area contributed by atoms with Gasteiger partial charge >= 0.3 is 0 Å². The summed E-state index contributed by atoms with van der Waals surface area (Å²) in [7, 11) is 0. The maximum Gasteiger partial charge on any atom is 0.0264 e. The van der Waals surface area contributed by atoms with Gasteiger partial charge in [0.1, 0.15) is 0 Å². The molecule has 1 nitrogen and oxygen atoms in total. The van der Waals surface area contributed by atoms with Crippen molar-refractivity contribution < 1.29 is 0 Å². The molecule has 34 valence electrons. The number of rotatable bonds is 1. The van der Waals surface area contributed by atoms with E-state index in [-0.39, 0.29) is 0 Å². The fourth-order valence-corrected chi connectivity index (χ4v) is 0. The summed E-state index contributed by atoms with van der Waals surface area (Å²) in [4.78, 5) is 0. The molecule has 0 aliphatic heterocycles. The molecule has 2 N–H and O–H groups in total. The molecule has 0 atom stereocenters. The van der Waals surface area contributed by atoms with E-state index in [1.54, 1.807) is 0 Å². The van der Waals surface area contributed by atoms with Crippen LogP contribution in [0.5, 0.6) is 0 Å². The summed E-state index contributed by atoms with van der Waals surface area (Å²) in [6.45, 7) is 8.78. The molecular weight excluding hydrogens is 74.1 g/mol. The highest BCUT2D eigenvalue weighted by Gasteiger charge is 1.77. The van der Waals surface area contributed by atoms with Gasteiger partial charge in [-0.2, -0.15) is 0 Å². The van der Waals surface area contributed by atoms with Crippen LogP contribution in [-0.4, -0.2) is 0 Å². The van der Waals surface area contributed by atoms with Gasteiger partial charge in [0.25, 0.3) is 0 Å². The van der Waals surface area contributed by atoms with Crippen molar-refractivity contribution in [3.8, 4) is 0 Å². The van der Waals surface area contributed by atoms with E-state index in [0.29, 0.717) is 5.70 Å². The number of allylic oxidation sites excluding steroid dienone is 1. The third kappa shape index (κ3) is 1.58. The van der Waals surface area contributed by atoms with E-state index in [2.05, 4.69) is 13.2 Å². The van der Waals surface area contributed by atoms with E-state index in [4.69, 9.17) is 5.73 Å². The van der Waals surface area contributed by atoms with Gasteiger partial charge in [0.2, 0.25) is 0 Å². The quantitative estimate of drug-likeness (QED) is 0.471. The Morgan fingerprint density at radius 3 is 1.67 bits per heavy atom. The second-order valence-corrected chi connectivity index (χ2v) is 1.31. The molecule has 6 heavy (non-hydrogen) atoms. The van der Waals surface area contributed by atoms with E-state index >= 15 is 0 Å². The molecule has 0 aromatic heterocycles. The van der Waals surface area contributed by atoms with Crippen molar-refractivity contribution in [2.24, 2.45) is 5.73 Å². The lowest BCUT2D eigenvalue weighted by Crippen LogP contribution is -1.92. The van der Waals surface area contributed by atoms with E-state index in [1.807, 2.05) is 6.92 Å². The Labute approximate surface area is 38.2 Å². The van der Waals surface area contributed by atoms with Crippen LogP contribution in [0.2, 0.25) is 0 Å². The van der Waals surface area contributed by atoms with Gasteiger partial charge in [-0.3, -0.25) is 0 Å². The number of hydrogen-bond donors (Lipinski definition) is 1. The highest BCUT2D eigenvalue weighted by molar-refractivity contribution is 5.18. The first-order valence-corrected chi connectivity index (χ1v) is 1.75. The molecule has 0 saturated heterocycles. The molecule has 0 aliphatic carbocycles. The summed E-state index contributed by atoms with van der Waals surface area (Å²) >= 11 is 0. The van der Waals surface area contributed by atoms with Crippen LogP contribution in [0.1, 0.15) is 6.92 Å². The monoisotopic (exact) mass is 83.1 g/mol. The van der Waals surface area contributed by atoms with Gasteiger partial charge in [-0.1, -0.05) is 13.2 Å². The zero-order valence-corrected chi connectivity index (χ0v) is 3.99. The minimum absolute atomic E-state index is 0.565. The van der Waals surface area contributed by atoms with Crippen molar-refractivity contribution in [2.45, 2.75) is 6.92 Å². The Morgan fingerprint density at radius 1 is 1.50 bits per heavy atom. The lowest BCUT2D eigenvalue weighted by molar-refractivity contribution is 1.32. The maximum absolute atomic E-state index is 5.14. The van der Waals surface area contributed by atoms with Crippen LogP contribution in [0.4, 0.5) is 0 Å². The molecule has 0 fully saturated rings. The minimum Gasteiger partial charge on any atom is -0.399 e. The first kappa shape index (κ1) is 5.28. The van der Waals surface area contributed by atoms with Crippen LogP contribution >= 0.6 is 0 Å². The second kappa shape index (κ2) is 1.65. The van der Waals surface area contributed by atoms with E-state index in [0.717, 1.165) is 5.57 Å². The average Bonchev–Trinajstić information content (AvgIpc) is 1.36. The van der Waals surface area contributed by atoms with Crippen LogP contribution < -0.4 is 5.73 Å². The van der Waals surface area contributed by atoms with Crippen molar-refractivity contribution in [1.29, 1.82) is 0 Å². The standard InChI is InChI=1S/C5H9N/c1-4(2)5(3)6/h1,3,6H2,2H3. The van der Waals surface area contributed by atoms with E-state index in [1.165, 1.54) is 0 Å². The molecule has 0 aromatic rings. The summed E-state index contributed by atoms with van der Waals surface area (Å²) in [6.07, 6.45) is 0. The van der Waals surface area contributed by atoms with E-state index < -0.39 is 0 Å². The van der Waals surface area contributed by atoms with Crippen molar-refractivity contribution in [1.82, 2.24) is 0 Å². The molecule has 0 radical (unpaired) electrons.